The zero-order valence-corrected chi connectivity index (χ0v) is 15.4. The molecule has 0 saturated carbocycles. The van der Waals surface area contributed by atoms with Gasteiger partial charge in [-0.2, -0.15) is 10.1 Å². The SMILES string of the molecule is COC(=O)N1N=NC(c2ccccc2)(c2ccccc2)C1C(Cl)(Cl)Cl. The summed E-state index contributed by atoms with van der Waals surface area (Å²) >= 11 is 18.8. The maximum absolute atomic E-state index is 12.2. The minimum atomic E-state index is -1.87. The van der Waals surface area contributed by atoms with Crippen molar-refractivity contribution in [1.29, 1.82) is 0 Å². The Bertz CT molecular complexity index is 739. The average molecular weight is 399 g/mol. The molecule has 0 aromatic heterocycles. The molecule has 0 N–H and O–H groups in total. The Kier molecular flexibility index (Phi) is 4.91. The minimum Gasteiger partial charge on any atom is -0.451 e. The Morgan fingerprint density at radius 2 is 1.52 bits per heavy atom. The largest absolute Gasteiger partial charge is 0.451 e. The van der Waals surface area contributed by atoms with Crippen LogP contribution in [0, 0.1) is 0 Å². The van der Waals surface area contributed by atoms with Crippen molar-refractivity contribution in [2.75, 3.05) is 7.11 Å². The molecule has 0 fully saturated rings. The fourth-order valence-electron chi connectivity index (χ4n) is 3.00. The molecule has 0 bridgehead atoms. The van der Waals surface area contributed by atoms with E-state index in [9.17, 15) is 4.79 Å². The van der Waals surface area contributed by atoms with E-state index in [-0.39, 0.29) is 0 Å². The summed E-state index contributed by atoms with van der Waals surface area (Å²) in [5, 5.41) is 9.37. The molecule has 1 heterocycles. The minimum absolute atomic E-state index is 0.743. The molecule has 1 aliphatic heterocycles. The molecule has 2 aromatic carbocycles. The van der Waals surface area contributed by atoms with Crippen molar-refractivity contribution in [2.24, 2.45) is 10.3 Å². The van der Waals surface area contributed by atoms with Crippen molar-refractivity contribution < 1.29 is 9.53 Å². The highest BCUT2D eigenvalue weighted by Crippen LogP contribution is 2.52. The Hall–Kier alpha value is -1.82. The van der Waals surface area contributed by atoms with E-state index in [1.54, 1.807) is 0 Å². The van der Waals surface area contributed by atoms with Crippen LogP contribution in [0.15, 0.2) is 71.0 Å². The second-order valence-electron chi connectivity index (χ2n) is 5.45. The van der Waals surface area contributed by atoms with Gasteiger partial charge in [0.2, 0.25) is 3.79 Å². The molecule has 0 radical (unpaired) electrons. The number of alkyl halides is 3. The smallest absolute Gasteiger partial charge is 0.432 e. The second-order valence-corrected chi connectivity index (χ2v) is 7.82. The van der Waals surface area contributed by atoms with Gasteiger partial charge in [-0.05, 0) is 11.1 Å². The van der Waals surface area contributed by atoms with Gasteiger partial charge in [0.15, 0.2) is 5.54 Å². The van der Waals surface area contributed by atoms with Gasteiger partial charge in [-0.15, -0.1) is 0 Å². The highest BCUT2D eigenvalue weighted by molar-refractivity contribution is 6.68. The fourth-order valence-corrected chi connectivity index (χ4v) is 3.75. The van der Waals surface area contributed by atoms with Crippen LogP contribution >= 0.6 is 34.8 Å². The molecule has 0 spiro atoms. The normalized spacial score (nSPS) is 19.0. The van der Waals surface area contributed by atoms with E-state index in [0.29, 0.717) is 0 Å². The molecule has 1 unspecified atom stereocenters. The number of carbonyl (C=O) groups excluding carboxylic acids is 1. The van der Waals surface area contributed by atoms with Crippen LogP contribution in [-0.4, -0.2) is 28.0 Å². The Morgan fingerprint density at radius 3 is 1.92 bits per heavy atom. The maximum atomic E-state index is 12.2. The van der Waals surface area contributed by atoms with Crippen LogP contribution in [0.4, 0.5) is 4.79 Å². The second kappa shape index (κ2) is 6.83. The third-order valence-electron chi connectivity index (χ3n) is 4.04. The molecule has 1 amide bonds. The molecule has 1 aliphatic rings. The van der Waals surface area contributed by atoms with Crippen LogP contribution in [0.1, 0.15) is 11.1 Å². The summed E-state index contributed by atoms with van der Waals surface area (Å²) in [4.78, 5) is 12.2. The van der Waals surface area contributed by atoms with E-state index < -0.39 is 21.5 Å². The number of ether oxygens (including phenoxy) is 1. The standard InChI is InChI=1S/C17H14Cl3N3O2/c1-25-15(24)23-14(17(18,19)20)16(21-22-23,12-8-4-2-5-9-12)13-10-6-3-7-11-13/h2-11,14H,1H3. The predicted octanol–water partition coefficient (Wildman–Crippen LogP) is 5.12. The van der Waals surface area contributed by atoms with Crippen LogP contribution in [0.3, 0.4) is 0 Å². The molecule has 130 valence electrons. The lowest BCUT2D eigenvalue weighted by Crippen LogP contribution is -2.53. The van der Waals surface area contributed by atoms with Crippen molar-refractivity contribution in [3.8, 4) is 0 Å². The first-order valence-corrected chi connectivity index (χ1v) is 8.52. The summed E-state index contributed by atoms with van der Waals surface area (Å²) in [6.07, 6.45) is -0.756. The highest BCUT2D eigenvalue weighted by Gasteiger charge is 2.60. The summed E-state index contributed by atoms with van der Waals surface area (Å²) in [5.41, 5.74) is 0.308. The van der Waals surface area contributed by atoms with Gasteiger partial charge in [0, 0.05) is 0 Å². The molecule has 2 aromatic rings. The summed E-state index contributed by atoms with van der Waals surface area (Å²) in [6.45, 7) is 0. The number of methoxy groups -OCH3 is 1. The van der Waals surface area contributed by atoms with Gasteiger partial charge in [-0.25, -0.2) is 4.79 Å². The van der Waals surface area contributed by atoms with Crippen LogP contribution in [0.5, 0.6) is 0 Å². The van der Waals surface area contributed by atoms with E-state index in [4.69, 9.17) is 39.5 Å². The van der Waals surface area contributed by atoms with Crippen LogP contribution in [0.2, 0.25) is 0 Å². The van der Waals surface area contributed by atoms with Crippen molar-refractivity contribution in [3.05, 3.63) is 71.8 Å². The zero-order valence-electron chi connectivity index (χ0n) is 13.1. The first-order chi connectivity index (χ1) is 11.9. The van der Waals surface area contributed by atoms with Crippen LogP contribution in [-0.2, 0) is 10.3 Å². The number of benzene rings is 2. The number of hydrogen-bond donors (Lipinski definition) is 0. The van der Waals surface area contributed by atoms with Gasteiger partial charge in [0.1, 0.15) is 6.04 Å². The van der Waals surface area contributed by atoms with E-state index >= 15 is 0 Å². The van der Waals surface area contributed by atoms with E-state index in [0.717, 1.165) is 16.1 Å². The third-order valence-corrected chi connectivity index (χ3v) is 4.66. The fraction of sp³-hybridized carbons (Fsp3) is 0.235. The molecule has 0 saturated heterocycles. The average Bonchev–Trinajstić information content (AvgIpc) is 3.04. The molecule has 3 rings (SSSR count). The van der Waals surface area contributed by atoms with Crippen molar-refractivity contribution >= 4 is 40.9 Å². The summed E-state index contributed by atoms with van der Waals surface area (Å²) in [6, 6.07) is 17.6. The molecule has 1 atom stereocenters. The molecule has 0 aliphatic carbocycles. The maximum Gasteiger partial charge on any atom is 0.432 e. The van der Waals surface area contributed by atoms with Gasteiger partial charge >= 0.3 is 6.09 Å². The number of nitrogens with zero attached hydrogens (tertiary/aromatic N) is 3. The van der Waals surface area contributed by atoms with Crippen molar-refractivity contribution in [3.63, 3.8) is 0 Å². The Morgan fingerprint density at radius 1 is 1.04 bits per heavy atom. The van der Waals surface area contributed by atoms with Gasteiger partial charge in [-0.3, -0.25) is 0 Å². The van der Waals surface area contributed by atoms with Gasteiger partial charge in [0.05, 0.1) is 7.11 Å². The van der Waals surface area contributed by atoms with Gasteiger partial charge in [-0.1, -0.05) is 101 Å². The number of carbonyl (C=O) groups is 1. The van der Waals surface area contributed by atoms with E-state index in [1.165, 1.54) is 7.11 Å². The Balaban J connectivity index is 2.27. The molecular weight excluding hydrogens is 385 g/mol. The number of halogens is 3. The first kappa shape index (κ1) is 18.0. The molecule has 5 nitrogen and oxygen atoms in total. The quantitative estimate of drug-likeness (QED) is 0.659. The van der Waals surface area contributed by atoms with Gasteiger partial charge in [0.25, 0.3) is 0 Å². The van der Waals surface area contributed by atoms with Crippen molar-refractivity contribution in [2.45, 2.75) is 15.4 Å². The third kappa shape index (κ3) is 3.08. The summed E-state index contributed by atoms with van der Waals surface area (Å²) in [7, 11) is 1.23. The number of amides is 1. The van der Waals surface area contributed by atoms with Crippen molar-refractivity contribution in [1.82, 2.24) is 5.01 Å². The molecule has 8 heteroatoms. The van der Waals surface area contributed by atoms with E-state index in [2.05, 4.69) is 10.3 Å². The lowest BCUT2D eigenvalue weighted by atomic mass is 9.78. The predicted molar refractivity (Wildman–Crippen MR) is 96.8 cm³/mol. The summed E-state index contributed by atoms with van der Waals surface area (Å²) in [5.74, 6) is 0. The topological polar surface area (TPSA) is 54.3 Å². The lowest BCUT2D eigenvalue weighted by Gasteiger charge is -2.38. The number of hydrogen-bond acceptors (Lipinski definition) is 4. The van der Waals surface area contributed by atoms with Crippen LogP contribution in [0.25, 0.3) is 0 Å². The van der Waals surface area contributed by atoms with E-state index in [1.807, 2.05) is 60.7 Å². The summed E-state index contributed by atoms with van der Waals surface area (Å²) < 4.78 is 2.91. The molecule has 25 heavy (non-hydrogen) atoms. The van der Waals surface area contributed by atoms with Crippen LogP contribution < -0.4 is 0 Å². The Labute approximate surface area is 160 Å². The first-order valence-electron chi connectivity index (χ1n) is 7.39. The molecular formula is C17H14Cl3N3O2. The van der Waals surface area contributed by atoms with Gasteiger partial charge < -0.3 is 4.74 Å². The lowest BCUT2D eigenvalue weighted by molar-refractivity contribution is 0.106. The monoisotopic (exact) mass is 397 g/mol. The zero-order chi connectivity index (χ0) is 18.1. The number of rotatable bonds is 2. The highest BCUT2D eigenvalue weighted by atomic mass is 35.6.